The molecule has 1 heterocycles. The highest BCUT2D eigenvalue weighted by molar-refractivity contribution is 7.19. The Morgan fingerprint density at radius 2 is 1.94 bits per heavy atom. The van der Waals surface area contributed by atoms with Crippen LogP contribution in [0.5, 0.6) is 0 Å². The normalized spacial score (nSPS) is 14.1. The summed E-state index contributed by atoms with van der Waals surface area (Å²) < 4.78 is 37.3. The van der Waals surface area contributed by atoms with Gasteiger partial charge in [-0.15, -0.1) is 11.3 Å². The lowest BCUT2D eigenvalue weighted by molar-refractivity contribution is -0.136. The van der Waals surface area contributed by atoms with Gasteiger partial charge in [-0.1, -0.05) is 18.2 Å². The van der Waals surface area contributed by atoms with Crippen LogP contribution in [-0.2, 0) is 0 Å². The molecule has 1 nitrogen and oxygen atoms in total. The van der Waals surface area contributed by atoms with E-state index in [1.807, 2.05) is 30.3 Å². The van der Waals surface area contributed by atoms with Crippen molar-refractivity contribution in [1.82, 2.24) is 0 Å². The van der Waals surface area contributed by atoms with E-state index in [0.717, 1.165) is 15.0 Å². The van der Waals surface area contributed by atoms with Crippen molar-refractivity contribution in [2.24, 2.45) is 5.73 Å². The molecule has 1 aromatic carbocycles. The predicted octanol–water partition coefficient (Wildman–Crippen LogP) is 4.24. The molecule has 0 saturated carbocycles. The van der Waals surface area contributed by atoms with Gasteiger partial charge >= 0.3 is 6.18 Å². The van der Waals surface area contributed by atoms with Gasteiger partial charge in [-0.3, -0.25) is 0 Å². The molecule has 1 aromatic heterocycles. The molecule has 0 bridgehead atoms. The molecule has 1 unspecified atom stereocenters. The first-order chi connectivity index (χ1) is 7.96. The average molecular weight is 259 g/mol. The van der Waals surface area contributed by atoms with Crippen LogP contribution in [0.4, 0.5) is 13.2 Å². The van der Waals surface area contributed by atoms with E-state index in [1.165, 1.54) is 11.3 Å². The Bertz CT molecular complexity index is 471. The van der Waals surface area contributed by atoms with Crippen LogP contribution >= 0.6 is 11.3 Å². The topological polar surface area (TPSA) is 26.0 Å². The molecular formula is C12H12F3NS. The second-order valence-corrected chi connectivity index (χ2v) is 5.06. The number of fused-ring (bicyclic) bond motifs is 1. The summed E-state index contributed by atoms with van der Waals surface area (Å²) in [5.74, 6) is 0. The van der Waals surface area contributed by atoms with Crippen LogP contribution in [-0.4, -0.2) is 6.18 Å². The van der Waals surface area contributed by atoms with Gasteiger partial charge in [0.2, 0.25) is 0 Å². The van der Waals surface area contributed by atoms with Crippen LogP contribution in [0.1, 0.15) is 23.8 Å². The van der Waals surface area contributed by atoms with Crippen LogP contribution in [0.15, 0.2) is 30.3 Å². The van der Waals surface area contributed by atoms with Gasteiger partial charge in [-0.05, 0) is 23.9 Å². The second kappa shape index (κ2) is 4.66. The highest BCUT2D eigenvalue weighted by Gasteiger charge is 2.28. The van der Waals surface area contributed by atoms with E-state index in [0.29, 0.717) is 0 Å². The van der Waals surface area contributed by atoms with Gasteiger partial charge in [0.05, 0.1) is 0 Å². The summed E-state index contributed by atoms with van der Waals surface area (Å²) in [4.78, 5) is 0.815. The number of halogens is 3. The molecule has 0 aliphatic heterocycles. The highest BCUT2D eigenvalue weighted by atomic mass is 32.1. The summed E-state index contributed by atoms with van der Waals surface area (Å²) in [7, 11) is 0. The zero-order valence-corrected chi connectivity index (χ0v) is 9.81. The zero-order chi connectivity index (χ0) is 12.5. The lowest BCUT2D eigenvalue weighted by atomic mass is 10.1. The Morgan fingerprint density at radius 1 is 1.24 bits per heavy atom. The van der Waals surface area contributed by atoms with Gasteiger partial charge in [-0.2, -0.15) is 13.2 Å². The molecule has 0 saturated heterocycles. The van der Waals surface area contributed by atoms with Gasteiger partial charge in [0.25, 0.3) is 0 Å². The van der Waals surface area contributed by atoms with Gasteiger partial charge in [-0.25, -0.2) is 0 Å². The maximum atomic E-state index is 12.1. The van der Waals surface area contributed by atoms with Crippen LogP contribution in [0, 0.1) is 0 Å². The van der Waals surface area contributed by atoms with Crippen molar-refractivity contribution in [3.63, 3.8) is 0 Å². The second-order valence-electron chi connectivity index (χ2n) is 3.95. The minimum absolute atomic E-state index is 0.0592. The van der Waals surface area contributed by atoms with E-state index in [2.05, 4.69) is 0 Å². The maximum Gasteiger partial charge on any atom is 0.389 e. The van der Waals surface area contributed by atoms with Crippen molar-refractivity contribution in [2.75, 3.05) is 0 Å². The molecule has 0 fully saturated rings. The number of thiophene rings is 1. The fourth-order valence-corrected chi connectivity index (χ4v) is 2.75. The van der Waals surface area contributed by atoms with Crippen molar-refractivity contribution in [1.29, 1.82) is 0 Å². The summed E-state index contributed by atoms with van der Waals surface area (Å²) in [6.45, 7) is 0. The Hall–Kier alpha value is -1.07. The largest absolute Gasteiger partial charge is 0.389 e. The SMILES string of the molecule is NC(CCC(F)(F)F)c1cc2ccccc2s1. The van der Waals surface area contributed by atoms with E-state index in [-0.39, 0.29) is 6.42 Å². The molecule has 0 aliphatic carbocycles. The summed E-state index contributed by atoms with van der Waals surface area (Å²) >= 11 is 1.46. The minimum Gasteiger partial charge on any atom is -0.323 e. The van der Waals surface area contributed by atoms with Crippen molar-refractivity contribution in [2.45, 2.75) is 25.1 Å². The fraction of sp³-hybridized carbons (Fsp3) is 0.333. The number of rotatable bonds is 3. The molecule has 0 aliphatic rings. The number of nitrogens with two attached hydrogens (primary N) is 1. The van der Waals surface area contributed by atoms with Crippen molar-refractivity contribution in [3.05, 3.63) is 35.2 Å². The Labute approximate surface area is 101 Å². The summed E-state index contributed by atoms with van der Waals surface area (Å²) in [5.41, 5.74) is 5.78. The minimum atomic E-state index is -4.13. The first-order valence-corrected chi connectivity index (χ1v) is 6.08. The summed E-state index contributed by atoms with van der Waals surface area (Å²) in [6.07, 6.45) is -5.02. The molecule has 5 heteroatoms. The molecule has 92 valence electrons. The Morgan fingerprint density at radius 3 is 2.59 bits per heavy atom. The van der Waals surface area contributed by atoms with E-state index < -0.39 is 18.6 Å². The van der Waals surface area contributed by atoms with Gasteiger partial charge in [0, 0.05) is 22.0 Å². The molecule has 2 N–H and O–H groups in total. The van der Waals surface area contributed by atoms with E-state index in [9.17, 15) is 13.2 Å². The van der Waals surface area contributed by atoms with Crippen LogP contribution < -0.4 is 5.73 Å². The first kappa shape index (κ1) is 12.4. The third-order valence-corrected chi connectivity index (χ3v) is 3.80. The predicted molar refractivity (Wildman–Crippen MR) is 64.0 cm³/mol. The maximum absolute atomic E-state index is 12.1. The van der Waals surface area contributed by atoms with Crippen molar-refractivity contribution in [3.8, 4) is 0 Å². The highest BCUT2D eigenvalue weighted by Crippen LogP contribution is 2.32. The fourth-order valence-electron chi connectivity index (χ4n) is 1.65. The third-order valence-electron chi connectivity index (χ3n) is 2.55. The van der Waals surface area contributed by atoms with Crippen molar-refractivity contribution >= 4 is 21.4 Å². The van der Waals surface area contributed by atoms with Gasteiger partial charge in [0.15, 0.2) is 0 Å². The molecule has 17 heavy (non-hydrogen) atoms. The molecule has 1 atom stereocenters. The summed E-state index contributed by atoms with van der Waals surface area (Å²) in [5, 5.41) is 1.04. The molecule has 2 rings (SSSR count). The third kappa shape index (κ3) is 3.20. The lowest BCUT2D eigenvalue weighted by Crippen LogP contribution is -2.14. The number of hydrogen-bond donors (Lipinski definition) is 1. The number of hydrogen-bond acceptors (Lipinski definition) is 2. The van der Waals surface area contributed by atoms with Gasteiger partial charge in [0.1, 0.15) is 0 Å². The number of benzene rings is 1. The molecule has 0 amide bonds. The quantitative estimate of drug-likeness (QED) is 0.876. The van der Waals surface area contributed by atoms with Crippen molar-refractivity contribution < 1.29 is 13.2 Å². The van der Waals surface area contributed by atoms with Gasteiger partial charge < -0.3 is 5.73 Å². The molecular weight excluding hydrogens is 247 g/mol. The smallest absolute Gasteiger partial charge is 0.323 e. The molecule has 0 spiro atoms. The average Bonchev–Trinajstić information content (AvgIpc) is 2.68. The van der Waals surface area contributed by atoms with E-state index in [1.54, 1.807) is 0 Å². The van der Waals surface area contributed by atoms with E-state index in [4.69, 9.17) is 5.73 Å². The van der Waals surface area contributed by atoms with Crippen LogP contribution in [0.25, 0.3) is 10.1 Å². The monoisotopic (exact) mass is 259 g/mol. The first-order valence-electron chi connectivity index (χ1n) is 5.26. The molecule has 0 radical (unpaired) electrons. The van der Waals surface area contributed by atoms with Crippen LogP contribution in [0.3, 0.4) is 0 Å². The van der Waals surface area contributed by atoms with Crippen LogP contribution in [0.2, 0.25) is 0 Å². The summed E-state index contributed by atoms with van der Waals surface area (Å²) in [6, 6.07) is 9.03. The lowest BCUT2D eigenvalue weighted by Gasteiger charge is -2.11. The van der Waals surface area contributed by atoms with E-state index >= 15 is 0 Å². The zero-order valence-electron chi connectivity index (χ0n) is 9.00. The molecule has 2 aromatic rings. The Balaban J connectivity index is 2.11. The standard InChI is InChI=1S/C12H12F3NS/c13-12(14,15)6-5-9(16)11-7-8-3-1-2-4-10(8)17-11/h1-4,7,9H,5-6,16H2. The Kier molecular flexibility index (Phi) is 3.40. The number of alkyl halides is 3.